The SMILES string of the molecule is Cc1ccc(C(C)N[C@H](C)c2ccccc2)s1. The lowest BCUT2D eigenvalue weighted by Gasteiger charge is -2.19. The standard InChI is InChI=1S/C15H19NS/c1-11-9-10-15(17-11)13(3)16-12(2)14-7-5-4-6-8-14/h4-10,12-13,16H,1-3H3/t12-,13?/m1/s1. The fraction of sp³-hybridized carbons (Fsp3) is 0.333. The summed E-state index contributed by atoms with van der Waals surface area (Å²) in [6, 6.07) is 15.8. The average Bonchev–Trinajstić information content (AvgIpc) is 2.77. The number of thiophene rings is 1. The Bertz CT molecular complexity index is 461. The summed E-state index contributed by atoms with van der Waals surface area (Å²) < 4.78 is 0. The Morgan fingerprint density at radius 3 is 2.24 bits per heavy atom. The minimum Gasteiger partial charge on any atom is -0.303 e. The molecule has 1 N–H and O–H groups in total. The van der Waals surface area contributed by atoms with Gasteiger partial charge in [-0.1, -0.05) is 30.3 Å². The number of nitrogens with one attached hydrogen (secondary N) is 1. The van der Waals surface area contributed by atoms with E-state index in [9.17, 15) is 0 Å². The lowest BCUT2D eigenvalue weighted by atomic mass is 10.1. The summed E-state index contributed by atoms with van der Waals surface area (Å²) in [5.74, 6) is 0. The Kier molecular flexibility index (Phi) is 3.97. The predicted octanol–water partition coefficient (Wildman–Crippen LogP) is 4.47. The van der Waals surface area contributed by atoms with Crippen LogP contribution in [0.25, 0.3) is 0 Å². The van der Waals surface area contributed by atoms with E-state index >= 15 is 0 Å². The molecule has 0 radical (unpaired) electrons. The molecule has 0 fully saturated rings. The summed E-state index contributed by atoms with van der Waals surface area (Å²) in [6.45, 7) is 6.60. The van der Waals surface area contributed by atoms with Crippen molar-refractivity contribution >= 4 is 11.3 Å². The third kappa shape index (κ3) is 3.18. The molecule has 2 heteroatoms. The first-order valence-electron chi connectivity index (χ1n) is 6.04. The zero-order chi connectivity index (χ0) is 12.3. The van der Waals surface area contributed by atoms with Gasteiger partial charge in [0, 0.05) is 21.8 Å². The van der Waals surface area contributed by atoms with Gasteiger partial charge in [0.25, 0.3) is 0 Å². The van der Waals surface area contributed by atoms with Gasteiger partial charge in [-0.15, -0.1) is 11.3 Å². The minimum atomic E-state index is 0.383. The molecule has 0 amide bonds. The van der Waals surface area contributed by atoms with Crippen molar-refractivity contribution in [1.82, 2.24) is 5.32 Å². The van der Waals surface area contributed by atoms with E-state index in [4.69, 9.17) is 0 Å². The molecule has 0 aliphatic heterocycles. The van der Waals surface area contributed by atoms with E-state index in [2.05, 4.69) is 68.6 Å². The van der Waals surface area contributed by atoms with Crippen LogP contribution in [-0.2, 0) is 0 Å². The Morgan fingerprint density at radius 2 is 1.65 bits per heavy atom. The number of hydrogen-bond acceptors (Lipinski definition) is 2. The zero-order valence-electron chi connectivity index (χ0n) is 10.6. The molecule has 90 valence electrons. The second-order valence-corrected chi connectivity index (χ2v) is 5.79. The average molecular weight is 245 g/mol. The Morgan fingerprint density at radius 1 is 0.941 bits per heavy atom. The van der Waals surface area contributed by atoms with E-state index in [0.717, 1.165) is 0 Å². The highest BCUT2D eigenvalue weighted by molar-refractivity contribution is 7.12. The summed E-state index contributed by atoms with van der Waals surface area (Å²) in [5, 5.41) is 3.64. The molecule has 1 aromatic carbocycles. The summed E-state index contributed by atoms with van der Waals surface area (Å²) in [5.41, 5.74) is 1.34. The number of aryl methyl sites for hydroxylation is 1. The molecule has 17 heavy (non-hydrogen) atoms. The maximum atomic E-state index is 3.64. The highest BCUT2D eigenvalue weighted by Gasteiger charge is 2.11. The van der Waals surface area contributed by atoms with Crippen LogP contribution in [0.15, 0.2) is 42.5 Å². The molecule has 2 atom stereocenters. The van der Waals surface area contributed by atoms with Crippen molar-refractivity contribution in [2.75, 3.05) is 0 Å². The van der Waals surface area contributed by atoms with E-state index < -0.39 is 0 Å². The van der Waals surface area contributed by atoms with Gasteiger partial charge >= 0.3 is 0 Å². The van der Waals surface area contributed by atoms with E-state index in [1.165, 1.54) is 15.3 Å². The highest BCUT2D eigenvalue weighted by atomic mass is 32.1. The molecule has 0 saturated heterocycles. The third-order valence-electron chi connectivity index (χ3n) is 2.99. The Hall–Kier alpha value is -1.12. The monoisotopic (exact) mass is 245 g/mol. The van der Waals surface area contributed by atoms with Gasteiger partial charge in [-0.3, -0.25) is 0 Å². The maximum absolute atomic E-state index is 3.64. The lowest BCUT2D eigenvalue weighted by molar-refractivity contribution is 0.500. The summed E-state index contributed by atoms with van der Waals surface area (Å²) >= 11 is 1.87. The molecule has 0 aliphatic carbocycles. The summed E-state index contributed by atoms with van der Waals surface area (Å²) in [4.78, 5) is 2.78. The van der Waals surface area contributed by atoms with Crippen LogP contribution in [0.3, 0.4) is 0 Å². The Balaban J connectivity index is 2.02. The van der Waals surface area contributed by atoms with Crippen molar-refractivity contribution in [2.24, 2.45) is 0 Å². The first-order valence-corrected chi connectivity index (χ1v) is 6.86. The predicted molar refractivity (Wildman–Crippen MR) is 75.5 cm³/mol. The van der Waals surface area contributed by atoms with Crippen LogP contribution in [0.4, 0.5) is 0 Å². The van der Waals surface area contributed by atoms with Crippen LogP contribution >= 0.6 is 11.3 Å². The van der Waals surface area contributed by atoms with Gasteiger partial charge in [-0.2, -0.15) is 0 Å². The lowest BCUT2D eigenvalue weighted by Crippen LogP contribution is -2.21. The van der Waals surface area contributed by atoms with Crippen LogP contribution in [-0.4, -0.2) is 0 Å². The van der Waals surface area contributed by atoms with Gasteiger partial charge in [0.2, 0.25) is 0 Å². The van der Waals surface area contributed by atoms with Gasteiger partial charge in [0.1, 0.15) is 0 Å². The van der Waals surface area contributed by atoms with Gasteiger partial charge in [0.05, 0.1) is 0 Å². The molecular formula is C15H19NS. The van der Waals surface area contributed by atoms with Gasteiger partial charge in [-0.25, -0.2) is 0 Å². The van der Waals surface area contributed by atoms with Crippen molar-refractivity contribution < 1.29 is 0 Å². The smallest absolute Gasteiger partial charge is 0.0391 e. The van der Waals surface area contributed by atoms with Gasteiger partial charge < -0.3 is 5.32 Å². The quantitative estimate of drug-likeness (QED) is 0.838. The fourth-order valence-electron chi connectivity index (χ4n) is 1.98. The molecular weight excluding hydrogens is 226 g/mol. The number of hydrogen-bond donors (Lipinski definition) is 1. The summed E-state index contributed by atoms with van der Waals surface area (Å²) in [6.07, 6.45) is 0. The topological polar surface area (TPSA) is 12.0 Å². The molecule has 2 aromatic rings. The second kappa shape index (κ2) is 5.48. The van der Waals surface area contributed by atoms with Crippen molar-refractivity contribution in [2.45, 2.75) is 32.9 Å². The van der Waals surface area contributed by atoms with Gasteiger partial charge in [-0.05, 0) is 38.5 Å². The molecule has 1 nitrogen and oxygen atoms in total. The molecule has 0 saturated carbocycles. The van der Waals surface area contributed by atoms with Crippen LogP contribution in [0, 0.1) is 6.92 Å². The molecule has 2 rings (SSSR count). The van der Waals surface area contributed by atoms with E-state index in [1.54, 1.807) is 0 Å². The number of rotatable bonds is 4. The fourth-order valence-corrected chi connectivity index (χ4v) is 2.87. The normalized spacial score (nSPS) is 14.5. The molecule has 0 spiro atoms. The zero-order valence-corrected chi connectivity index (χ0v) is 11.4. The van der Waals surface area contributed by atoms with E-state index in [0.29, 0.717) is 12.1 Å². The molecule has 1 unspecified atom stereocenters. The van der Waals surface area contributed by atoms with E-state index in [1.807, 2.05) is 11.3 Å². The van der Waals surface area contributed by atoms with Crippen molar-refractivity contribution in [3.05, 3.63) is 57.8 Å². The molecule has 1 aromatic heterocycles. The highest BCUT2D eigenvalue weighted by Crippen LogP contribution is 2.25. The van der Waals surface area contributed by atoms with Crippen LogP contribution < -0.4 is 5.32 Å². The molecule has 0 aliphatic rings. The van der Waals surface area contributed by atoms with Gasteiger partial charge in [0.15, 0.2) is 0 Å². The van der Waals surface area contributed by atoms with Crippen molar-refractivity contribution in [3.8, 4) is 0 Å². The molecule has 1 heterocycles. The largest absolute Gasteiger partial charge is 0.303 e. The van der Waals surface area contributed by atoms with Crippen molar-refractivity contribution in [3.63, 3.8) is 0 Å². The summed E-state index contributed by atoms with van der Waals surface area (Å²) in [7, 11) is 0. The first kappa shape index (κ1) is 12.3. The molecule has 0 bridgehead atoms. The Labute approximate surface area is 108 Å². The third-order valence-corrected chi connectivity index (χ3v) is 4.17. The van der Waals surface area contributed by atoms with E-state index in [-0.39, 0.29) is 0 Å². The van der Waals surface area contributed by atoms with Crippen LogP contribution in [0.5, 0.6) is 0 Å². The number of benzene rings is 1. The second-order valence-electron chi connectivity index (χ2n) is 4.47. The van der Waals surface area contributed by atoms with Crippen LogP contribution in [0.2, 0.25) is 0 Å². The first-order chi connectivity index (χ1) is 8.16. The van der Waals surface area contributed by atoms with Crippen LogP contribution in [0.1, 0.15) is 41.2 Å². The maximum Gasteiger partial charge on any atom is 0.0391 e. The minimum absolute atomic E-state index is 0.383. The van der Waals surface area contributed by atoms with Crippen molar-refractivity contribution in [1.29, 1.82) is 0 Å².